The van der Waals surface area contributed by atoms with Crippen LogP contribution in [0.1, 0.15) is 80.6 Å². The lowest BCUT2D eigenvalue weighted by Gasteiger charge is -2.35. The van der Waals surface area contributed by atoms with Crippen LogP contribution in [0.5, 0.6) is 0 Å². The second kappa shape index (κ2) is 11.9. The van der Waals surface area contributed by atoms with Gasteiger partial charge in [-0.3, -0.25) is 9.59 Å². The van der Waals surface area contributed by atoms with Crippen molar-refractivity contribution < 1.29 is 14.4 Å². The first-order chi connectivity index (χ1) is 15.4. The highest BCUT2D eigenvalue weighted by molar-refractivity contribution is 5.94. The SMILES string of the molecule is CC(C)c1ccc(C(=O)N2CCN(C(=O)CCCNC(=O)NC3CCCCC3)CC2)cc1. The van der Waals surface area contributed by atoms with Gasteiger partial charge in [0.2, 0.25) is 5.91 Å². The van der Waals surface area contributed by atoms with Gasteiger partial charge in [0.15, 0.2) is 0 Å². The van der Waals surface area contributed by atoms with Gasteiger partial charge in [0.1, 0.15) is 0 Å². The molecule has 7 heteroatoms. The number of carbonyl (C=O) groups excluding carboxylic acids is 3. The van der Waals surface area contributed by atoms with Crippen LogP contribution in [0, 0.1) is 0 Å². The largest absolute Gasteiger partial charge is 0.339 e. The topological polar surface area (TPSA) is 81.8 Å². The van der Waals surface area contributed by atoms with Crippen LogP contribution in [0.4, 0.5) is 4.79 Å². The first-order valence-electron chi connectivity index (χ1n) is 12.2. The zero-order chi connectivity index (χ0) is 22.9. The fourth-order valence-electron chi connectivity index (χ4n) is 4.44. The minimum absolute atomic E-state index is 0.0283. The summed E-state index contributed by atoms with van der Waals surface area (Å²) in [7, 11) is 0. The van der Waals surface area contributed by atoms with E-state index in [1.165, 1.54) is 24.8 Å². The Labute approximate surface area is 191 Å². The summed E-state index contributed by atoms with van der Waals surface area (Å²) in [6.45, 7) is 6.99. The number of nitrogens with one attached hydrogen (secondary N) is 2. The normalized spacial score (nSPS) is 17.3. The molecule has 2 N–H and O–H groups in total. The third-order valence-electron chi connectivity index (χ3n) is 6.54. The maximum absolute atomic E-state index is 12.8. The summed E-state index contributed by atoms with van der Waals surface area (Å²) in [6, 6.07) is 7.98. The van der Waals surface area contributed by atoms with Crippen LogP contribution in [0.15, 0.2) is 24.3 Å². The monoisotopic (exact) mass is 442 g/mol. The van der Waals surface area contributed by atoms with E-state index in [1.807, 2.05) is 34.1 Å². The molecule has 0 aromatic heterocycles. The molecule has 1 aromatic carbocycles. The molecule has 3 rings (SSSR count). The Kier molecular flexibility index (Phi) is 8.94. The lowest BCUT2D eigenvalue weighted by atomic mass is 9.96. The van der Waals surface area contributed by atoms with E-state index in [1.54, 1.807) is 0 Å². The lowest BCUT2D eigenvalue weighted by molar-refractivity contribution is -0.132. The van der Waals surface area contributed by atoms with Crippen molar-refractivity contribution in [3.05, 3.63) is 35.4 Å². The summed E-state index contributed by atoms with van der Waals surface area (Å²) in [5, 5.41) is 5.89. The third kappa shape index (κ3) is 6.97. The summed E-state index contributed by atoms with van der Waals surface area (Å²) in [5.74, 6) is 0.559. The van der Waals surface area contributed by atoms with Crippen molar-refractivity contribution in [1.82, 2.24) is 20.4 Å². The van der Waals surface area contributed by atoms with Gasteiger partial charge in [-0.25, -0.2) is 4.79 Å². The van der Waals surface area contributed by atoms with Crippen molar-refractivity contribution in [3.63, 3.8) is 0 Å². The van der Waals surface area contributed by atoms with E-state index in [2.05, 4.69) is 24.5 Å². The van der Waals surface area contributed by atoms with E-state index in [-0.39, 0.29) is 23.9 Å². The minimum Gasteiger partial charge on any atom is -0.339 e. The average Bonchev–Trinajstić information content (AvgIpc) is 2.82. The Hall–Kier alpha value is -2.57. The van der Waals surface area contributed by atoms with Crippen LogP contribution in [0.3, 0.4) is 0 Å². The number of rotatable bonds is 7. The molecule has 1 aliphatic carbocycles. The van der Waals surface area contributed by atoms with Crippen LogP contribution in [-0.4, -0.2) is 66.4 Å². The molecule has 1 aromatic rings. The summed E-state index contributed by atoms with van der Waals surface area (Å²) in [6.07, 6.45) is 6.78. The summed E-state index contributed by atoms with van der Waals surface area (Å²) in [4.78, 5) is 40.9. The van der Waals surface area contributed by atoms with E-state index in [9.17, 15) is 14.4 Å². The van der Waals surface area contributed by atoms with E-state index >= 15 is 0 Å². The predicted molar refractivity (Wildman–Crippen MR) is 126 cm³/mol. The Balaban J connectivity index is 1.32. The number of carbonyl (C=O) groups is 3. The summed E-state index contributed by atoms with van der Waals surface area (Å²) >= 11 is 0. The van der Waals surface area contributed by atoms with Crippen LogP contribution < -0.4 is 10.6 Å². The number of urea groups is 1. The van der Waals surface area contributed by atoms with Gasteiger partial charge in [-0.05, 0) is 42.9 Å². The maximum atomic E-state index is 12.8. The van der Waals surface area contributed by atoms with Gasteiger partial charge in [0.25, 0.3) is 5.91 Å². The Bertz CT molecular complexity index is 764. The van der Waals surface area contributed by atoms with Gasteiger partial charge in [-0.2, -0.15) is 0 Å². The zero-order valence-corrected chi connectivity index (χ0v) is 19.6. The fourth-order valence-corrected chi connectivity index (χ4v) is 4.44. The molecule has 0 unspecified atom stereocenters. The average molecular weight is 443 g/mol. The molecule has 0 spiro atoms. The van der Waals surface area contributed by atoms with Crippen molar-refractivity contribution in [2.24, 2.45) is 0 Å². The summed E-state index contributed by atoms with van der Waals surface area (Å²) < 4.78 is 0. The van der Waals surface area contributed by atoms with Crippen molar-refractivity contribution in [3.8, 4) is 0 Å². The van der Waals surface area contributed by atoms with E-state index in [4.69, 9.17) is 0 Å². The Morgan fingerprint density at radius 3 is 2.19 bits per heavy atom. The van der Waals surface area contributed by atoms with E-state index in [0.29, 0.717) is 57.0 Å². The highest BCUT2D eigenvalue weighted by atomic mass is 16.2. The van der Waals surface area contributed by atoms with Crippen LogP contribution in [0.2, 0.25) is 0 Å². The number of nitrogens with zero attached hydrogens (tertiary/aromatic N) is 2. The van der Waals surface area contributed by atoms with Gasteiger partial charge in [0, 0.05) is 50.7 Å². The van der Waals surface area contributed by atoms with E-state index in [0.717, 1.165) is 12.8 Å². The number of hydrogen-bond donors (Lipinski definition) is 2. The molecule has 176 valence electrons. The van der Waals surface area contributed by atoms with Crippen molar-refractivity contribution in [2.75, 3.05) is 32.7 Å². The highest BCUT2D eigenvalue weighted by Gasteiger charge is 2.24. The fraction of sp³-hybridized carbons (Fsp3) is 0.640. The second-order valence-electron chi connectivity index (χ2n) is 9.29. The Morgan fingerprint density at radius 2 is 1.56 bits per heavy atom. The molecule has 32 heavy (non-hydrogen) atoms. The van der Waals surface area contributed by atoms with Crippen molar-refractivity contribution in [1.29, 1.82) is 0 Å². The molecule has 2 aliphatic rings. The molecule has 1 heterocycles. The standard InChI is InChI=1S/C25H38N4O3/c1-19(2)20-10-12-21(13-11-20)24(31)29-17-15-28(16-18-29)23(30)9-6-14-26-25(32)27-22-7-4-3-5-8-22/h10-13,19,22H,3-9,14-18H2,1-2H3,(H2,26,27,32). The first kappa shape index (κ1) is 24.1. The number of piperazine rings is 1. The Morgan fingerprint density at radius 1 is 0.938 bits per heavy atom. The molecule has 2 fully saturated rings. The molecular weight excluding hydrogens is 404 g/mol. The summed E-state index contributed by atoms with van der Waals surface area (Å²) in [5.41, 5.74) is 1.92. The maximum Gasteiger partial charge on any atom is 0.315 e. The van der Waals surface area contributed by atoms with Crippen molar-refractivity contribution in [2.45, 2.75) is 70.8 Å². The molecule has 1 saturated heterocycles. The van der Waals surface area contributed by atoms with Gasteiger partial charge in [-0.15, -0.1) is 0 Å². The molecule has 1 aliphatic heterocycles. The molecule has 4 amide bonds. The molecule has 0 atom stereocenters. The van der Waals surface area contributed by atoms with Gasteiger partial charge in [0.05, 0.1) is 0 Å². The number of hydrogen-bond acceptors (Lipinski definition) is 3. The molecule has 1 saturated carbocycles. The van der Waals surface area contributed by atoms with Crippen LogP contribution in [0.25, 0.3) is 0 Å². The third-order valence-corrected chi connectivity index (χ3v) is 6.54. The zero-order valence-electron chi connectivity index (χ0n) is 19.6. The first-order valence-corrected chi connectivity index (χ1v) is 12.2. The van der Waals surface area contributed by atoms with Gasteiger partial charge in [-0.1, -0.05) is 45.2 Å². The van der Waals surface area contributed by atoms with E-state index < -0.39 is 0 Å². The van der Waals surface area contributed by atoms with Crippen molar-refractivity contribution >= 4 is 17.8 Å². The number of benzene rings is 1. The predicted octanol–water partition coefficient (Wildman–Crippen LogP) is 3.51. The second-order valence-corrected chi connectivity index (χ2v) is 9.29. The minimum atomic E-state index is -0.127. The highest BCUT2D eigenvalue weighted by Crippen LogP contribution is 2.18. The lowest BCUT2D eigenvalue weighted by Crippen LogP contribution is -2.50. The molecule has 0 radical (unpaired) electrons. The molecule has 0 bridgehead atoms. The van der Waals surface area contributed by atoms with Gasteiger partial charge >= 0.3 is 6.03 Å². The van der Waals surface area contributed by atoms with Gasteiger partial charge < -0.3 is 20.4 Å². The molecule has 7 nitrogen and oxygen atoms in total. The van der Waals surface area contributed by atoms with Crippen LogP contribution in [-0.2, 0) is 4.79 Å². The quantitative estimate of drug-likeness (QED) is 0.634. The smallest absolute Gasteiger partial charge is 0.315 e. The van der Waals surface area contributed by atoms with Crippen LogP contribution >= 0.6 is 0 Å². The number of amides is 4. The molecular formula is C25H38N4O3.